The van der Waals surface area contributed by atoms with Gasteiger partial charge in [0.1, 0.15) is 91.1 Å². The molecule has 0 bridgehead atoms. The van der Waals surface area contributed by atoms with Gasteiger partial charge in [0, 0.05) is 31.6 Å². The molecule has 11 aliphatic rings. The maximum absolute atomic E-state index is 12.6. The van der Waals surface area contributed by atoms with E-state index in [2.05, 4.69) is 26.5 Å². The Bertz CT molecular complexity index is 2510. The Morgan fingerprint density at radius 3 is 2.06 bits per heavy atom. The number of carbonyl (C=O) groups excluding carboxylic acids is 2. The van der Waals surface area contributed by atoms with Crippen LogP contribution in [0, 0.1) is 40.4 Å². The number of fused-ring (bicyclic) bond motifs is 7. The fraction of sp³-hybridized carbons (Fsp3) is 0.897. The minimum Gasteiger partial charge on any atom is -0.465 e. The van der Waals surface area contributed by atoms with Gasteiger partial charge in [0.05, 0.1) is 76.1 Å². The van der Waals surface area contributed by atoms with Gasteiger partial charge in [-0.3, -0.25) is 9.59 Å². The van der Waals surface area contributed by atoms with E-state index in [1.54, 1.807) is 0 Å². The van der Waals surface area contributed by atoms with E-state index in [0.717, 1.165) is 12.5 Å². The molecule has 87 heavy (non-hydrogen) atoms. The molecule has 1 spiro atoms. The molecule has 4 aliphatic carbocycles. The molecule has 0 unspecified atom stereocenters. The average Bonchev–Trinajstić information content (AvgIpc) is 1.58. The van der Waals surface area contributed by atoms with Crippen molar-refractivity contribution in [2.75, 3.05) is 39.6 Å². The molecule has 34 atom stereocenters. The lowest BCUT2D eigenvalue weighted by molar-refractivity contribution is -0.380. The molecule has 10 fully saturated rings. The highest BCUT2D eigenvalue weighted by Gasteiger charge is 2.74. The third-order valence-corrected chi connectivity index (χ3v) is 21.3. The van der Waals surface area contributed by atoms with Gasteiger partial charge in [-0.2, -0.15) is 0 Å². The fourth-order valence-electron chi connectivity index (χ4n) is 16.7. The van der Waals surface area contributed by atoms with Crippen LogP contribution in [0.3, 0.4) is 0 Å². The lowest BCUT2D eigenvalue weighted by Crippen LogP contribution is -2.65. The zero-order chi connectivity index (χ0) is 62.7. The van der Waals surface area contributed by atoms with Crippen molar-refractivity contribution in [2.24, 2.45) is 40.4 Å². The number of allylic oxidation sites excluding steroid dienone is 1. The summed E-state index contributed by atoms with van der Waals surface area (Å²) in [6, 6.07) is 0. The van der Waals surface area contributed by atoms with Crippen molar-refractivity contribution in [3.8, 4) is 0 Å². The highest BCUT2D eigenvalue weighted by atomic mass is 16.8. The molecule has 494 valence electrons. The van der Waals surface area contributed by atoms with Crippen LogP contribution in [0.25, 0.3) is 0 Å². The summed E-state index contributed by atoms with van der Waals surface area (Å²) >= 11 is 0. The summed E-state index contributed by atoms with van der Waals surface area (Å²) in [5.41, 5.74) is -2.10. The first kappa shape index (κ1) is 65.9. The molecule has 0 radical (unpaired) electrons. The van der Waals surface area contributed by atoms with Crippen LogP contribution in [0.4, 0.5) is 0 Å². The molecule has 7 saturated heterocycles. The molecule has 0 aromatic rings. The summed E-state index contributed by atoms with van der Waals surface area (Å²) < 4.78 is 85.0. The summed E-state index contributed by atoms with van der Waals surface area (Å²) in [6.45, 7) is 11.0. The Balaban J connectivity index is 0.796. The van der Waals surface area contributed by atoms with E-state index in [1.807, 2.05) is 0 Å². The predicted molar refractivity (Wildman–Crippen MR) is 285 cm³/mol. The van der Waals surface area contributed by atoms with Gasteiger partial charge in [-0.15, -0.1) is 0 Å². The summed E-state index contributed by atoms with van der Waals surface area (Å²) in [7, 11) is 0. The van der Waals surface area contributed by atoms with E-state index in [4.69, 9.17) is 66.3 Å². The second-order valence-electron chi connectivity index (χ2n) is 26.5. The van der Waals surface area contributed by atoms with Crippen LogP contribution in [-0.2, 0) is 75.9 Å². The van der Waals surface area contributed by atoms with Gasteiger partial charge in [-0.1, -0.05) is 32.1 Å². The first-order valence-corrected chi connectivity index (χ1v) is 30.3. The standard InChI is InChI=1S/C58H88O29/c1-21-15-78-58(48(71)43(21)83-51-40(68)39(67)37(65)22(2)79-51)31(16-74-24(4)60)36-34(87-58)14-30-28-9-8-26-12-27(62)13-35(56(26,7)29(28)10-11-55(30,36)6)82-50-41(69)45(33(64)18-75-50)84-53-47(38(66)32(63)17-76-53)86-52-42(70)46(44(23(3)80-52)81-25(5)61)85-54-49(72)57(73,19-59)20-77-54/h8,22-23,27-54,59,62-73H,1,9-20H2,2-7H3/t22-,23+,27-,28-,29+,30+,31+,32-,33+,34+,35-,36+,37-,38+,39+,40-,41-,42-,43+,44+,45+,46+,47-,48+,49+,50+,51+,52+,53+,54+,55+,56+,57-,58+/m1/s1. The van der Waals surface area contributed by atoms with Gasteiger partial charge in [-0.25, -0.2) is 0 Å². The number of aliphatic hydroxyl groups excluding tert-OH is 12. The molecule has 0 aromatic heterocycles. The van der Waals surface area contributed by atoms with Gasteiger partial charge in [0.15, 0.2) is 37.6 Å². The van der Waals surface area contributed by atoms with Gasteiger partial charge < -0.3 is 133 Å². The summed E-state index contributed by atoms with van der Waals surface area (Å²) in [5, 5.41) is 145. The summed E-state index contributed by atoms with van der Waals surface area (Å²) in [5.74, 6) is -4.25. The molecular weight excluding hydrogens is 1160 g/mol. The topological polar surface area (TPSA) is 426 Å². The Labute approximate surface area is 501 Å². The molecule has 11 rings (SSSR count). The SMILES string of the molecule is C=C1CO[C@@]2(O[C@H]3C[C@H]4[C@@H]5CC=C6C[C@@H](O)C[C@@H](O[C@@H]7OC[C@H](O)[C@H](O[C@@H]8OC[C@@H](O)[C@H](O)[C@H]8O[C@@H]8O[C@@H](C)[C@H](OC(C)=O)[C@@H](O[C@@H]9OC[C@](O)(CO)[C@H]9O)[C@H]8O)[C@H]7O)[C@]6(C)[C@H]5CC[C@]4(C)[C@H]3[C@@H]2COC(C)=O)[C@@H](O)[C@H]1O[C@@H]1O[C@H](C)[C@@H](O)[C@H](O)[C@H]1O. The van der Waals surface area contributed by atoms with Crippen molar-refractivity contribution >= 4 is 11.9 Å². The van der Waals surface area contributed by atoms with Crippen LogP contribution < -0.4 is 0 Å². The van der Waals surface area contributed by atoms with Crippen LogP contribution >= 0.6 is 0 Å². The van der Waals surface area contributed by atoms with Crippen LogP contribution in [0.2, 0.25) is 0 Å². The van der Waals surface area contributed by atoms with Crippen LogP contribution in [0.5, 0.6) is 0 Å². The number of rotatable bonds is 14. The molecular formula is C58H88O29. The summed E-state index contributed by atoms with van der Waals surface area (Å²) in [6.07, 6.45) is -31.4. The van der Waals surface area contributed by atoms with E-state index >= 15 is 0 Å². The fourth-order valence-corrected chi connectivity index (χ4v) is 16.7. The Morgan fingerprint density at radius 1 is 0.690 bits per heavy atom. The van der Waals surface area contributed by atoms with E-state index in [0.29, 0.717) is 37.7 Å². The quantitative estimate of drug-likeness (QED) is 0.0579. The lowest BCUT2D eigenvalue weighted by atomic mass is 9.46. The van der Waals surface area contributed by atoms with Gasteiger partial charge in [0.25, 0.3) is 0 Å². The van der Waals surface area contributed by atoms with E-state index < -0.39 is 220 Å². The van der Waals surface area contributed by atoms with E-state index in [1.165, 1.54) is 20.8 Å². The van der Waals surface area contributed by atoms with Crippen molar-refractivity contribution in [1.82, 2.24) is 0 Å². The number of hydrogen-bond donors (Lipinski definition) is 13. The molecule has 7 heterocycles. The minimum atomic E-state index is -2.13. The normalized spacial score (nSPS) is 54.1. The third-order valence-electron chi connectivity index (χ3n) is 21.3. The molecule has 29 heteroatoms. The molecule has 0 aromatic carbocycles. The highest BCUT2D eigenvalue weighted by molar-refractivity contribution is 5.66. The second kappa shape index (κ2) is 25.0. The number of ether oxygens (including phenoxy) is 14. The van der Waals surface area contributed by atoms with Crippen molar-refractivity contribution in [3.63, 3.8) is 0 Å². The van der Waals surface area contributed by atoms with Gasteiger partial charge in [-0.05, 0) is 74.7 Å². The van der Waals surface area contributed by atoms with Gasteiger partial charge >= 0.3 is 11.9 Å². The Morgan fingerprint density at radius 2 is 1.36 bits per heavy atom. The zero-order valence-corrected chi connectivity index (χ0v) is 49.4. The first-order chi connectivity index (χ1) is 41.1. The molecule has 3 saturated carbocycles. The average molecular weight is 1250 g/mol. The number of hydrogen-bond acceptors (Lipinski definition) is 29. The first-order valence-electron chi connectivity index (χ1n) is 30.3. The minimum absolute atomic E-state index is 0.00264. The highest BCUT2D eigenvalue weighted by Crippen LogP contribution is 2.71. The Hall–Kier alpha value is -2.58. The molecule has 0 amide bonds. The predicted octanol–water partition coefficient (Wildman–Crippen LogP) is -4.24. The van der Waals surface area contributed by atoms with Crippen molar-refractivity contribution in [1.29, 1.82) is 0 Å². The van der Waals surface area contributed by atoms with E-state index in [9.17, 15) is 76.0 Å². The Kier molecular flexibility index (Phi) is 19.0. The van der Waals surface area contributed by atoms with Crippen LogP contribution in [0.15, 0.2) is 23.8 Å². The van der Waals surface area contributed by atoms with Crippen LogP contribution in [-0.4, -0.2) is 283 Å². The third kappa shape index (κ3) is 11.5. The van der Waals surface area contributed by atoms with Gasteiger partial charge in [0.2, 0.25) is 5.79 Å². The monoisotopic (exact) mass is 1250 g/mol. The molecule has 7 aliphatic heterocycles. The van der Waals surface area contributed by atoms with Crippen molar-refractivity contribution < 1.29 is 142 Å². The second-order valence-corrected chi connectivity index (χ2v) is 26.5. The van der Waals surface area contributed by atoms with Crippen LogP contribution in [0.1, 0.15) is 80.1 Å². The maximum atomic E-state index is 12.6. The number of carbonyl (C=O) groups is 2. The number of esters is 2. The molecule has 29 nitrogen and oxygen atoms in total. The van der Waals surface area contributed by atoms with E-state index in [-0.39, 0.29) is 43.3 Å². The summed E-state index contributed by atoms with van der Waals surface area (Å²) in [4.78, 5) is 24.8. The smallest absolute Gasteiger partial charge is 0.303 e. The zero-order valence-electron chi connectivity index (χ0n) is 49.4. The lowest BCUT2D eigenvalue weighted by Gasteiger charge is -2.60. The van der Waals surface area contributed by atoms with Crippen molar-refractivity contribution in [2.45, 2.75) is 245 Å². The molecule has 13 N–H and O–H groups in total. The largest absolute Gasteiger partial charge is 0.465 e. The maximum Gasteiger partial charge on any atom is 0.303 e. The number of aliphatic hydroxyl groups is 13. The van der Waals surface area contributed by atoms with Crippen molar-refractivity contribution in [3.05, 3.63) is 23.8 Å².